The van der Waals surface area contributed by atoms with Crippen molar-refractivity contribution in [1.29, 1.82) is 0 Å². The van der Waals surface area contributed by atoms with E-state index in [4.69, 9.17) is 21.1 Å². The Morgan fingerprint density at radius 1 is 1.18 bits per heavy atom. The average Bonchev–Trinajstić information content (AvgIpc) is 3.44. The van der Waals surface area contributed by atoms with Gasteiger partial charge in [0.15, 0.2) is 0 Å². The molecule has 3 saturated heterocycles. The van der Waals surface area contributed by atoms with Crippen LogP contribution in [-0.2, 0) is 4.79 Å². The SMILES string of the molecule is C#Cc1c(F)ccc2cc(O)cc(-c3ccc4c(N5CCCSCC5=O)nc(OCC56CCCN5CC(F)C6)nc4c3C)c12. The van der Waals surface area contributed by atoms with Crippen LogP contribution in [0.2, 0.25) is 0 Å². The summed E-state index contributed by atoms with van der Waals surface area (Å²) in [5.74, 6) is 3.64. The van der Waals surface area contributed by atoms with Crippen LogP contribution in [0.4, 0.5) is 14.6 Å². The molecule has 0 spiro atoms. The second-order valence-corrected chi connectivity index (χ2v) is 13.0. The van der Waals surface area contributed by atoms with Crippen LogP contribution in [-0.4, -0.2) is 75.3 Å². The number of carbonyl (C=O) groups is 1. The Bertz CT molecular complexity index is 1860. The van der Waals surface area contributed by atoms with Crippen molar-refractivity contribution >= 4 is 45.2 Å². The van der Waals surface area contributed by atoms with E-state index in [-0.39, 0.29) is 35.4 Å². The number of aryl methyl sites for hydroxylation is 1. The first-order valence-electron chi connectivity index (χ1n) is 14.9. The topological polar surface area (TPSA) is 78.8 Å². The number of amides is 1. The predicted molar refractivity (Wildman–Crippen MR) is 170 cm³/mol. The van der Waals surface area contributed by atoms with Crippen LogP contribution in [0.1, 0.15) is 36.8 Å². The Kier molecular flexibility index (Phi) is 7.34. The summed E-state index contributed by atoms with van der Waals surface area (Å²) >= 11 is 1.60. The van der Waals surface area contributed by atoms with Gasteiger partial charge in [0.25, 0.3) is 0 Å². The molecular formula is C34H32F2N4O3S. The molecule has 0 saturated carbocycles. The minimum Gasteiger partial charge on any atom is -0.508 e. The molecule has 2 unspecified atom stereocenters. The molecule has 7 rings (SSSR count). The first kappa shape index (κ1) is 28.8. The maximum atomic E-state index is 14.9. The fraction of sp³-hybridized carbons (Fsp3) is 0.382. The molecule has 3 aromatic carbocycles. The van der Waals surface area contributed by atoms with E-state index in [1.165, 1.54) is 6.07 Å². The van der Waals surface area contributed by atoms with E-state index >= 15 is 0 Å². The van der Waals surface area contributed by atoms with Crippen LogP contribution in [0.25, 0.3) is 32.8 Å². The van der Waals surface area contributed by atoms with E-state index in [9.17, 15) is 18.7 Å². The van der Waals surface area contributed by atoms with Crippen LogP contribution in [0, 0.1) is 25.1 Å². The Morgan fingerprint density at radius 2 is 2.05 bits per heavy atom. The number of hydrogen-bond donors (Lipinski definition) is 1. The third-order valence-electron chi connectivity index (χ3n) is 9.25. The van der Waals surface area contributed by atoms with Gasteiger partial charge >= 0.3 is 6.01 Å². The second kappa shape index (κ2) is 11.2. The summed E-state index contributed by atoms with van der Waals surface area (Å²) in [5.41, 5.74) is 2.29. The van der Waals surface area contributed by atoms with E-state index in [1.807, 2.05) is 19.1 Å². The van der Waals surface area contributed by atoms with Crippen molar-refractivity contribution < 1.29 is 23.4 Å². The highest BCUT2D eigenvalue weighted by Gasteiger charge is 2.49. The molecule has 3 fully saturated rings. The molecule has 4 aromatic rings. The van der Waals surface area contributed by atoms with Crippen LogP contribution in [0.3, 0.4) is 0 Å². The molecule has 4 heterocycles. The van der Waals surface area contributed by atoms with Crippen molar-refractivity contribution in [3.05, 3.63) is 53.3 Å². The molecule has 3 aliphatic rings. The maximum Gasteiger partial charge on any atom is 0.319 e. The molecule has 0 radical (unpaired) electrons. The van der Waals surface area contributed by atoms with Crippen LogP contribution >= 0.6 is 11.8 Å². The largest absolute Gasteiger partial charge is 0.508 e. The van der Waals surface area contributed by atoms with Crippen LogP contribution < -0.4 is 9.64 Å². The van der Waals surface area contributed by atoms with Gasteiger partial charge in [-0.1, -0.05) is 18.1 Å². The zero-order valence-corrected chi connectivity index (χ0v) is 25.2. The number of phenols is 1. The van der Waals surface area contributed by atoms with Gasteiger partial charge in [0, 0.05) is 30.3 Å². The molecule has 226 valence electrons. The Labute approximate surface area is 258 Å². The number of rotatable bonds is 5. The molecule has 44 heavy (non-hydrogen) atoms. The number of hydrogen-bond acceptors (Lipinski definition) is 7. The maximum absolute atomic E-state index is 14.9. The number of terminal acetylenes is 1. The van der Waals surface area contributed by atoms with E-state index in [1.54, 1.807) is 34.9 Å². The molecule has 3 aliphatic heterocycles. The number of halogens is 2. The van der Waals surface area contributed by atoms with Gasteiger partial charge < -0.3 is 9.84 Å². The number of thioether (sulfide) groups is 1. The van der Waals surface area contributed by atoms with Gasteiger partial charge in [-0.25, -0.2) is 8.78 Å². The van der Waals surface area contributed by atoms with Gasteiger partial charge in [0.2, 0.25) is 5.91 Å². The third-order valence-corrected chi connectivity index (χ3v) is 10.3. The van der Waals surface area contributed by atoms with Crippen molar-refractivity contribution in [2.24, 2.45) is 0 Å². The van der Waals surface area contributed by atoms with E-state index < -0.39 is 12.0 Å². The summed E-state index contributed by atoms with van der Waals surface area (Å²) in [4.78, 5) is 26.8. The smallest absolute Gasteiger partial charge is 0.319 e. The summed E-state index contributed by atoms with van der Waals surface area (Å²) in [6, 6.07) is 9.88. The van der Waals surface area contributed by atoms with Crippen molar-refractivity contribution in [2.75, 3.05) is 42.6 Å². The molecular weight excluding hydrogens is 582 g/mol. The molecule has 1 aromatic heterocycles. The highest BCUT2D eigenvalue weighted by molar-refractivity contribution is 7.99. The lowest BCUT2D eigenvalue weighted by atomic mass is 9.91. The summed E-state index contributed by atoms with van der Waals surface area (Å²) < 4.78 is 35.6. The number of fused-ring (bicyclic) bond motifs is 3. The fourth-order valence-electron chi connectivity index (χ4n) is 7.20. The molecule has 2 atom stereocenters. The van der Waals surface area contributed by atoms with Crippen molar-refractivity contribution in [3.8, 4) is 35.2 Å². The Balaban J connectivity index is 1.40. The number of benzene rings is 3. The summed E-state index contributed by atoms with van der Waals surface area (Å²) in [7, 11) is 0. The van der Waals surface area contributed by atoms with Gasteiger partial charge in [-0.05, 0) is 84.8 Å². The standard InChI is InChI=1S/C34H32F2N4O3S/c1-3-24-28(36)9-6-21-14-23(41)15-27(30(21)24)25-7-8-26-31(20(25)2)37-33(38-32(26)40-12-5-13-44-18-29(40)42)43-19-34-10-4-11-39(34)17-22(35)16-34/h1,6-9,14-15,22,41H,4-5,10-13,16-19H2,2H3. The molecule has 1 amide bonds. The molecule has 0 bridgehead atoms. The van der Waals surface area contributed by atoms with Gasteiger partial charge in [0.1, 0.15) is 30.2 Å². The lowest BCUT2D eigenvalue weighted by Crippen LogP contribution is -2.43. The number of carbonyl (C=O) groups excluding carboxylic acids is 1. The van der Waals surface area contributed by atoms with E-state index in [0.29, 0.717) is 63.9 Å². The Hall–Kier alpha value is -3.94. The van der Waals surface area contributed by atoms with Gasteiger partial charge in [-0.2, -0.15) is 21.7 Å². The van der Waals surface area contributed by atoms with Crippen molar-refractivity contribution in [2.45, 2.75) is 44.3 Å². The minimum absolute atomic E-state index is 0.0183. The number of ether oxygens (including phenoxy) is 1. The highest BCUT2D eigenvalue weighted by Crippen LogP contribution is 2.42. The van der Waals surface area contributed by atoms with Gasteiger partial charge in [-0.15, -0.1) is 6.42 Å². The molecule has 1 N–H and O–H groups in total. The van der Waals surface area contributed by atoms with E-state index in [0.717, 1.165) is 37.1 Å². The summed E-state index contributed by atoms with van der Waals surface area (Å²) in [6.07, 6.45) is 7.93. The number of aromatic hydroxyl groups is 1. The Morgan fingerprint density at radius 3 is 2.89 bits per heavy atom. The number of anilines is 1. The summed E-state index contributed by atoms with van der Waals surface area (Å²) in [5, 5.41) is 12.4. The van der Waals surface area contributed by atoms with Crippen molar-refractivity contribution in [3.63, 3.8) is 0 Å². The average molecular weight is 615 g/mol. The first-order valence-corrected chi connectivity index (χ1v) is 16.1. The number of phenolic OH excluding ortho intramolecular Hbond substituents is 1. The summed E-state index contributed by atoms with van der Waals surface area (Å²) in [6.45, 7) is 3.91. The van der Waals surface area contributed by atoms with Gasteiger partial charge in [0.05, 0.1) is 22.4 Å². The second-order valence-electron chi connectivity index (χ2n) is 11.9. The number of aromatic nitrogens is 2. The fourth-order valence-corrected chi connectivity index (χ4v) is 8.00. The predicted octanol–water partition coefficient (Wildman–Crippen LogP) is 6.01. The lowest BCUT2D eigenvalue weighted by Gasteiger charge is -2.31. The zero-order chi connectivity index (χ0) is 30.6. The normalized spacial score (nSPS) is 22.4. The van der Waals surface area contributed by atoms with Gasteiger partial charge in [-0.3, -0.25) is 14.6 Å². The lowest BCUT2D eigenvalue weighted by molar-refractivity contribution is -0.116. The zero-order valence-electron chi connectivity index (χ0n) is 24.4. The van der Waals surface area contributed by atoms with Crippen LogP contribution in [0.5, 0.6) is 11.8 Å². The number of nitrogens with zero attached hydrogens (tertiary/aromatic N) is 4. The highest BCUT2D eigenvalue weighted by atomic mass is 32.2. The minimum atomic E-state index is -0.890. The first-order chi connectivity index (χ1) is 21.3. The van der Waals surface area contributed by atoms with Crippen LogP contribution in [0.15, 0.2) is 36.4 Å². The number of alkyl halides is 1. The third kappa shape index (κ3) is 4.83. The monoisotopic (exact) mass is 614 g/mol. The molecule has 7 nitrogen and oxygen atoms in total. The van der Waals surface area contributed by atoms with E-state index in [2.05, 4.69) is 10.8 Å². The molecule has 0 aliphatic carbocycles. The quantitative estimate of drug-likeness (QED) is 0.276. The van der Waals surface area contributed by atoms with Crippen molar-refractivity contribution in [1.82, 2.24) is 14.9 Å². The molecule has 10 heteroatoms.